The summed E-state index contributed by atoms with van der Waals surface area (Å²) in [5.74, 6) is 6.70. The lowest BCUT2D eigenvalue weighted by Crippen LogP contribution is -2.37. The summed E-state index contributed by atoms with van der Waals surface area (Å²) in [6, 6.07) is 6.21. The molecular formula is C14H22N2O2. The molecule has 2 atom stereocenters. The number of methoxy groups -OCH3 is 1. The van der Waals surface area contributed by atoms with Crippen molar-refractivity contribution < 1.29 is 9.47 Å². The van der Waals surface area contributed by atoms with Crippen LogP contribution in [0.2, 0.25) is 0 Å². The number of hydrogen-bond donors (Lipinski definition) is 2. The van der Waals surface area contributed by atoms with Gasteiger partial charge in [0, 0.05) is 19.1 Å². The Morgan fingerprint density at radius 2 is 2.33 bits per heavy atom. The molecule has 18 heavy (non-hydrogen) atoms. The predicted octanol–water partition coefficient (Wildman–Crippen LogP) is 1.94. The van der Waals surface area contributed by atoms with Crippen molar-refractivity contribution in [3.05, 3.63) is 29.3 Å². The Morgan fingerprint density at radius 3 is 3.00 bits per heavy atom. The SMILES string of the molecule is CCCC(OC)C(NN)c1cccc2c1OCC2. The number of nitrogens with two attached hydrogens (primary N) is 1. The molecule has 1 aliphatic rings. The molecule has 4 heteroatoms. The summed E-state index contributed by atoms with van der Waals surface area (Å²) in [7, 11) is 1.73. The van der Waals surface area contributed by atoms with E-state index < -0.39 is 0 Å². The van der Waals surface area contributed by atoms with Gasteiger partial charge in [0.2, 0.25) is 0 Å². The highest BCUT2D eigenvalue weighted by Gasteiger charge is 2.27. The van der Waals surface area contributed by atoms with E-state index in [1.165, 1.54) is 5.56 Å². The first-order valence-electron chi connectivity index (χ1n) is 6.55. The van der Waals surface area contributed by atoms with Crippen molar-refractivity contribution in [3.8, 4) is 5.75 Å². The molecule has 0 saturated heterocycles. The summed E-state index contributed by atoms with van der Waals surface area (Å²) in [6.07, 6.45) is 3.07. The van der Waals surface area contributed by atoms with Crippen LogP contribution < -0.4 is 16.0 Å². The third kappa shape index (κ3) is 2.51. The first kappa shape index (κ1) is 13.3. The minimum Gasteiger partial charge on any atom is -0.493 e. The Balaban J connectivity index is 2.30. The Hall–Kier alpha value is -1.10. The fraction of sp³-hybridized carbons (Fsp3) is 0.571. The average Bonchev–Trinajstić information content (AvgIpc) is 2.87. The fourth-order valence-electron chi connectivity index (χ4n) is 2.59. The molecule has 2 unspecified atom stereocenters. The van der Waals surface area contributed by atoms with Gasteiger partial charge in [-0.3, -0.25) is 11.3 Å². The zero-order valence-corrected chi connectivity index (χ0v) is 11.1. The van der Waals surface area contributed by atoms with Gasteiger partial charge in [0.15, 0.2) is 0 Å². The van der Waals surface area contributed by atoms with Crippen LogP contribution in [0.3, 0.4) is 0 Å². The zero-order valence-electron chi connectivity index (χ0n) is 11.1. The van der Waals surface area contributed by atoms with Crippen molar-refractivity contribution in [1.29, 1.82) is 0 Å². The molecule has 4 nitrogen and oxygen atoms in total. The van der Waals surface area contributed by atoms with Crippen LogP contribution in [0.5, 0.6) is 5.75 Å². The number of benzene rings is 1. The number of hydrogen-bond acceptors (Lipinski definition) is 4. The topological polar surface area (TPSA) is 56.5 Å². The van der Waals surface area contributed by atoms with Crippen molar-refractivity contribution in [2.45, 2.75) is 38.3 Å². The van der Waals surface area contributed by atoms with Crippen molar-refractivity contribution in [3.63, 3.8) is 0 Å². The average molecular weight is 250 g/mol. The molecule has 100 valence electrons. The van der Waals surface area contributed by atoms with Crippen LogP contribution in [0, 0.1) is 0 Å². The Kier molecular flexibility index (Phi) is 4.58. The number of fused-ring (bicyclic) bond motifs is 1. The van der Waals surface area contributed by atoms with Gasteiger partial charge in [-0.2, -0.15) is 0 Å². The van der Waals surface area contributed by atoms with Crippen LogP contribution in [-0.4, -0.2) is 19.8 Å². The summed E-state index contributed by atoms with van der Waals surface area (Å²) < 4.78 is 11.3. The largest absolute Gasteiger partial charge is 0.493 e. The molecule has 0 saturated carbocycles. The van der Waals surface area contributed by atoms with Gasteiger partial charge in [-0.1, -0.05) is 31.5 Å². The highest BCUT2D eigenvalue weighted by molar-refractivity contribution is 5.46. The van der Waals surface area contributed by atoms with Gasteiger partial charge in [-0.25, -0.2) is 0 Å². The highest BCUT2D eigenvalue weighted by atomic mass is 16.5. The van der Waals surface area contributed by atoms with Gasteiger partial charge >= 0.3 is 0 Å². The number of rotatable bonds is 6. The third-order valence-electron chi connectivity index (χ3n) is 3.51. The van der Waals surface area contributed by atoms with Crippen LogP contribution in [-0.2, 0) is 11.2 Å². The normalized spacial score (nSPS) is 17.1. The first-order valence-corrected chi connectivity index (χ1v) is 6.55. The lowest BCUT2D eigenvalue weighted by Gasteiger charge is -2.26. The first-order chi connectivity index (χ1) is 8.81. The smallest absolute Gasteiger partial charge is 0.127 e. The van der Waals surface area contributed by atoms with Gasteiger partial charge in [0.25, 0.3) is 0 Å². The van der Waals surface area contributed by atoms with E-state index in [4.69, 9.17) is 15.3 Å². The van der Waals surface area contributed by atoms with E-state index in [9.17, 15) is 0 Å². The molecule has 1 aliphatic heterocycles. The molecule has 0 radical (unpaired) electrons. The van der Waals surface area contributed by atoms with Gasteiger partial charge in [0.05, 0.1) is 18.8 Å². The monoisotopic (exact) mass is 250 g/mol. The Labute approximate surface area is 108 Å². The minimum atomic E-state index is -0.0250. The number of hydrazine groups is 1. The molecule has 0 aliphatic carbocycles. The van der Waals surface area contributed by atoms with Gasteiger partial charge in [0.1, 0.15) is 5.75 Å². The Morgan fingerprint density at radius 1 is 1.50 bits per heavy atom. The third-order valence-corrected chi connectivity index (χ3v) is 3.51. The quantitative estimate of drug-likeness (QED) is 0.598. The van der Waals surface area contributed by atoms with Crippen LogP contribution in [0.15, 0.2) is 18.2 Å². The van der Waals surface area contributed by atoms with E-state index in [2.05, 4.69) is 30.5 Å². The van der Waals surface area contributed by atoms with E-state index >= 15 is 0 Å². The molecule has 0 spiro atoms. The molecule has 1 aromatic carbocycles. The number of para-hydroxylation sites is 1. The molecule has 2 rings (SSSR count). The molecule has 0 aromatic heterocycles. The maximum Gasteiger partial charge on any atom is 0.127 e. The molecule has 0 amide bonds. The highest BCUT2D eigenvalue weighted by Crippen LogP contribution is 2.35. The van der Waals surface area contributed by atoms with Gasteiger partial charge in [-0.15, -0.1) is 0 Å². The second kappa shape index (κ2) is 6.18. The summed E-state index contributed by atoms with van der Waals surface area (Å²) in [6.45, 7) is 2.90. The minimum absolute atomic E-state index is 0.0250. The van der Waals surface area contributed by atoms with Crippen LogP contribution in [0.1, 0.15) is 36.9 Å². The summed E-state index contributed by atoms with van der Waals surface area (Å²) in [5.41, 5.74) is 5.25. The second-order valence-electron chi connectivity index (χ2n) is 4.64. The summed E-state index contributed by atoms with van der Waals surface area (Å²) in [4.78, 5) is 0. The molecule has 1 heterocycles. The van der Waals surface area contributed by atoms with E-state index in [1.54, 1.807) is 7.11 Å². The molecule has 0 fully saturated rings. The summed E-state index contributed by atoms with van der Waals surface area (Å²) >= 11 is 0. The predicted molar refractivity (Wildman–Crippen MR) is 71.4 cm³/mol. The maximum absolute atomic E-state index is 5.73. The fourth-order valence-corrected chi connectivity index (χ4v) is 2.59. The van der Waals surface area contributed by atoms with Crippen molar-refractivity contribution in [2.75, 3.05) is 13.7 Å². The van der Waals surface area contributed by atoms with E-state index in [0.717, 1.165) is 37.2 Å². The Bertz CT molecular complexity index is 395. The van der Waals surface area contributed by atoms with E-state index in [-0.39, 0.29) is 12.1 Å². The second-order valence-corrected chi connectivity index (χ2v) is 4.64. The van der Waals surface area contributed by atoms with Gasteiger partial charge in [-0.05, 0) is 12.0 Å². The number of ether oxygens (including phenoxy) is 2. The van der Waals surface area contributed by atoms with Crippen molar-refractivity contribution >= 4 is 0 Å². The van der Waals surface area contributed by atoms with Crippen LogP contribution >= 0.6 is 0 Å². The maximum atomic E-state index is 5.73. The van der Waals surface area contributed by atoms with Crippen LogP contribution in [0.4, 0.5) is 0 Å². The molecular weight excluding hydrogens is 228 g/mol. The zero-order chi connectivity index (χ0) is 13.0. The summed E-state index contributed by atoms with van der Waals surface area (Å²) in [5, 5.41) is 0. The molecule has 3 N–H and O–H groups in total. The van der Waals surface area contributed by atoms with Crippen LogP contribution in [0.25, 0.3) is 0 Å². The number of nitrogens with one attached hydrogen (secondary N) is 1. The standard InChI is InChI=1S/C14H22N2O2/c1-3-5-12(17-2)13(16-15)11-7-4-6-10-8-9-18-14(10)11/h4,6-7,12-13,16H,3,5,8-9,15H2,1-2H3. The molecule has 0 bridgehead atoms. The lowest BCUT2D eigenvalue weighted by molar-refractivity contribution is 0.0598. The van der Waals surface area contributed by atoms with Gasteiger partial charge < -0.3 is 9.47 Å². The van der Waals surface area contributed by atoms with Crippen molar-refractivity contribution in [1.82, 2.24) is 5.43 Å². The van der Waals surface area contributed by atoms with Crippen molar-refractivity contribution in [2.24, 2.45) is 5.84 Å². The lowest BCUT2D eigenvalue weighted by atomic mass is 9.96. The molecule has 1 aromatic rings. The van der Waals surface area contributed by atoms with E-state index in [1.807, 2.05) is 0 Å². The van der Waals surface area contributed by atoms with E-state index in [0.29, 0.717) is 0 Å².